The van der Waals surface area contributed by atoms with Crippen molar-refractivity contribution in [2.75, 3.05) is 12.0 Å². The van der Waals surface area contributed by atoms with E-state index in [-0.39, 0.29) is 17.9 Å². The first-order chi connectivity index (χ1) is 8.86. The lowest BCUT2D eigenvalue weighted by Gasteiger charge is -2.35. The minimum Gasteiger partial charge on any atom is -0.497 e. The predicted octanol–water partition coefficient (Wildman–Crippen LogP) is 3.61. The summed E-state index contributed by atoms with van der Waals surface area (Å²) in [5, 5.41) is 0. The van der Waals surface area contributed by atoms with Gasteiger partial charge in [-0.1, -0.05) is 0 Å². The number of hydrogen-bond acceptors (Lipinski definition) is 2. The van der Waals surface area contributed by atoms with E-state index >= 15 is 0 Å². The lowest BCUT2D eigenvalue weighted by molar-refractivity contribution is -0.148. The van der Waals surface area contributed by atoms with Crippen LogP contribution in [0.1, 0.15) is 19.8 Å². The van der Waals surface area contributed by atoms with Crippen molar-refractivity contribution < 1.29 is 17.9 Å². The zero-order valence-corrected chi connectivity index (χ0v) is 10.9. The van der Waals surface area contributed by atoms with Gasteiger partial charge in [-0.2, -0.15) is 13.2 Å². The standard InChI is InChI=1S/C14H16F3NO/c1-13-8-9(13)7-12(14(15,16)17)18(13)10-3-5-11(19-2)6-4-10/h3-6,9,12H,7-8H2,1-2H3/t9?,12-,13-/m0/s1. The van der Waals surface area contributed by atoms with Gasteiger partial charge in [0.25, 0.3) is 0 Å². The van der Waals surface area contributed by atoms with Crippen LogP contribution in [0, 0.1) is 5.92 Å². The molecular formula is C14H16F3NO. The molecule has 0 aromatic heterocycles. The van der Waals surface area contributed by atoms with Crippen LogP contribution >= 0.6 is 0 Å². The van der Waals surface area contributed by atoms with Gasteiger partial charge in [-0.3, -0.25) is 0 Å². The van der Waals surface area contributed by atoms with Gasteiger partial charge in [-0.05, 0) is 49.9 Å². The molecule has 2 fully saturated rings. The van der Waals surface area contributed by atoms with Gasteiger partial charge >= 0.3 is 6.18 Å². The highest BCUT2D eigenvalue weighted by Crippen LogP contribution is 2.61. The number of halogens is 3. The van der Waals surface area contributed by atoms with Crippen LogP contribution in [-0.2, 0) is 0 Å². The van der Waals surface area contributed by atoms with Crippen LogP contribution in [-0.4, -0.2) is 24.9 Å². The fourth-order valence-electron chi connectivity index (χ4n) is 3.30. The molecule has 3 atom stereocenters. The highest BCUT2D eigenvalue weighted by molar-refractivity contribution is 5.57. The third-order valence-corrected chi connectivity index (χ3v) is 4.48. The maximum atomic E-state index is 13.1. The zero-order valence-electron chi connectivity index (χ0n) is 10.9. The smallest absolute Gasteiger partial charge is 0.408 e. The number of methoxy groups -OCH3 is 1. The summed E-state index contributed by atoms with van der Waals surface area (Å²) in [6.45, 7) is 1.92. The molecule has 2 nitrogen and oxygen atoms in total. The molecule has 3 rings (SSSR count). The largest absolute Gasteiger partial charge is 0.497 e. The van der Waals surface area contributed by atoms with Gasteiger partial charge in [-0.25, -0.2) is 0 Å². The summed E-state index contributed by atoms with van der Waals surface area (Å²) >= 11 is 0. The number of piperidine rings is 1. The van der Waals surface area contributed by atoms with E-state index in [1.807, 2.05) is 6.92 Å². The first-order valence-electron chi connectivity index (χ1n) is 6.36. The number of alkyl halides is 3. The fourth-order valence-corrected chi connectivity index (χ4v) is 3.30. The molecule has 0 spiro atoms. The van der Waals surface area contributed by atoms with E-state index in [0.29, 0.717) is 11.4 Å². The van der Waals surface area contributed by atoms with Crippen molar-refractivity contribution in [1.29, 1.82) is 0 Å². The molecule has 19 heavy (non-hydrogen) atoms. The number of anilines is 1. The van der Waals surface area contributed by atoms with Crippen LogP contribution in [0.25, 0.3) is 0 Å². The van der Waals surface area contributed by atoms with Crippen LogP contribution in [0.15, 0.2) is 24.3 Å². The quantitative estimate of drug-likeness (QED) is 0.814. The minimum atomic E-state index is -4.17. The van der Waals surface area contributed by atoms with E-state index < -0.39 is 12.2 Å². The molecular weight excluding hydrogens is 255 g/mol. The Hall–Kier alpha value is -1.39. The summed E-state index contributed by atoms with van der Waals surface area (Å²) in [5.74, 6) is 0.824. The molecule has 0 amide bonds. The molecule has 5 heteroatoms. The van der Waals surface area contributed by atoms with E-state index in [0.717, 1.165) is 6.42 Å². The van der Waals surface area contributed by atoms with Crippen LogP contribution < -0.4 is 9.64 Å². The lowest BCUT2D eigenvalue weighted by Crippen LogP contribution is -2.47. The molecule has 2 aliphatic rings. The van der Waals surface area contributed by atoms with Crippen molar-refractivity contribution in [3.05, 3.63) is 24.3 Å². The van der Waals surface area contributed by atoms with E-state index in [9.17, 15) is 13.2 Å². The summed E-state index contributed by atoms with van der Waals surface area (Å²) in [5.41, 5.74) is 0.306. The van der Waals surface area contributed by atoms with Crippen LogP contribution in [0.3, 0.4) is 0 Å². The predicted molar refractivity (Wildman–Crippen MR) is 66.4 cm³/mol. The molecule has 1 aromatic rings. The molecule has 1 saturated carbocycles. The maximum Gasteiger partial charge on any atom is 0.408 e. The molecule has 104 valence electrons. The van der Waals surface area contributed by atoms with Crippen molar-refractivity contribution in [3.63, 3.8) is 0 Å². The molecule has 1 heterocycles. The Labute approximate surface area is 110 Å². The second-order valence-corrected chi connectivity index (χ2v) is 5.62. The van der Waals surface area contributed by atoms with Crippen molar-refractivity contribution in [3.8, 4) is 5.75 Å². The summed E-state index contributed by atoms with van der Waals surface area (Å²) in [6, 6.07) is 5.49. The Morgan fingerprint density at radius 1 is 1.26 bits per heavy atom. The third kappa shape index (κ3) is 1.86. The van der Waals surface area contributed by atoms with E-state index in [4.69, 9.17) is 4.74 Å². The third-order valence-electron chi connectivity index (χ3n) is 4.48. The van der Waals surface area contributed by atoms with Crippen molar-refractivity contribution in [1.82, 2.24) is 0 Å². The molecule has 1 aromatic carbocycles. The van der Waals surface area contributed by atoms with E-state index in [2.05, 4.69) is 0 Å². The van der Waals surface area contributed by atoms with Crippen LogP contribution in [0.5, 0.6) is 5.75 Å². The fraction of sp³-hybridized carbons (Fsp3) is 0.571. The summed E-state index contributed by atoms with van der Waals surface area (Å²) in [4.78, 5) is 1.55. The first kappa shape index (κ1) is 12.6. The highest BCUT2D eigenvalue weighted by Gasteiger charge is 2.67. The second kappa shape index (κ2) is 3.81. The Morgan fingerprint density at radius 2 is 1.89 bits per heavy atom. The van der Waals surface area contributed by atoms with Gasteiger partial charge in [0.2, 0.25) is 0 Å². The van der Waals surface area contributed by atoms with Crippen LogP contribution in [0.4, 0.5) is 18.9 Å². The lowest BCUT2D eigenvalue weighted by atomic mass is 10.1. The Bertz CT molecular complexity index is 484. The first-order valence-corrected chi connectivity index (χ1v) is 6.36. The highest BCUT2D eigenvalue weighted by atomic mass is 19.4. The van der Waals surface area contributed by atoms with Gasteiger partial charge in [0.1, 0.15) is 11.8 Å². The van der Waals surface area contributed by atoms with Gasteiger partial charge < -0.3 is 9.64 Å². The normalized spacial score (nSPS) is 33.2. The van der Waals surface area contributed by atoms with Gasteiger partial charge in [-0.15, -0.1) is 0 Å². The molecule has 1 aliphatic carbocycles. The number of benzene rings is 1. The topological polar surface area (TPSA) is 12.5 Å². The van der Waals surface area contributed by atoms with Gasteiger partial charge in [0, 0.05) is 11.2 Å². The van der Waals surface area contributed by atoms with Crippen molar-refractivity contribution >= 4 is 5.69 Å². The molecule has 1 saturated heterocycles. The number of rotatable bonds is 2. The van der Waals surface area contributed by atoms with Crippen LogP contribution in [0.2, 0.25) is 0 Å². The Balaban J connectivity index is 1.95. The average Bonchev–Trinajstić information content (AvgIpc) is 2.91. The summed E-state index contributed by atoms with van der Waals surface area (Å²) < 4.78 is 44.5. The van der Waals surface area contributed by atoms with Crippen molar-refractivity contribution in [2.45, 2.75) is 37.5 Å². The SMILES string of the molecule is COc1ccc(N2[C@H](C(F)(F)F)CC3C[C@@]32C)cc1. The Kier molecular flexibility index (Phi) is 2.53. The summed E-state index contributed by atoms with van der Waals surface area (Å²) in [7, 11) is 1.54. The molecule has 0 radical (unpaired) electrons. The summed E-state index contributed by atoms with van der Waals surface area (Å²) in [6.07, 6.45) is -3.10. The Morgan fingerprint density at radius 3 is 2.42 bits per heavy atom. The zero-order chi connectivity index (χ0) is 13.8. The molecule has 1 unspecified atom stereocenters. The maximum absolute atomic E-state index is 13.1. The molecule has 1 aliphatic heterocycles. The number of ether oxygens (including phenoxy) is 1. The van der Waals surface area contributed by atoms with Gasteiger partial charge in [0.15, 0.2) is 0 Å². The number of fused-ring (bicyclic) bond motifs is 1. The van der Waals surface area contributed by atoms with E-state index in [1.54, 1.807) is 36.3 Å². The molecule has 0 N–H and O–H groups in total. The molecule has 0 bridgehead atoms. The average molecular weight is 271 g/mol. The van der Waals surface area contributed by atoms with Crippen molar-refractivity contribution in [2.24, 2.45) is 5.92 Å². The number of hydrogen-bond donors (Lipinski definition) is 0. The minimum absolute atomic E-state index is 0.168. The monoisotopic (exact) mass is 271 g/mol. The number of nitrogens with zero attached hydrogens (tertiary/aromatic N) is 1. The van der Waals surface area contributed by atoms with Gasteiger partial charge in [0.05, 0.1) is 7.11 Å². The van der Waals surface area contributed by atoms with E-state index in [1.165, 1.54) is 0 Å². The second-order valence-electron chi connectivity index (χ2n) is 5.62.